The molecule has 0 aromatic carbocycles. The molecule has 1 amide bonds. The van der Waals surface area contributed by atoms with Crippen molar-refractivity contribution in [1.29, 1.82) is 0 Å². The summed E-state index contributed by atoms with van der Waals surface area (Å²) >= 11 is 0. The van der Waals surface area contributed by atoms with Crippen LogP contribution in [0.2, 0.25) is 0 Å². The Morgan fingerprint density at radius 2 is 2.20 bits per heavy atom. The molecule has 0 spiro atoms. The summed E-state index contributed by atoms with van der Waals surface area (Å²) in [5, 5.41) is 2.99. The first-order valence-corrected chi connectivity index (χ1v) is 6.71. The van der Waals surface area contributed by atoms with Gasteiger partial charge in [-0.05, 0) is 24.3 Å². The number of aromatic nitrogens is 1. The number of amides is 1. The predicted molar refractivity (Wildman–Crippen MR) is 67.8 cm³/mol. The minimum atomic E-state index is -4.39. The molecule has 0 saturated carbocycles. The Balaban J connectivity index is 2.01. The summed E-state index contributed by atoms with van der Waals surface area (Å²) in [6.45, 7) is 0. The van der Waals surface area contributed by atoms with Crippen molar-refractivity contribution in [2.75, 3.05) is 0 Å². The third-order valence-electron chi connectivity index (χ3n) is 2.14. The molecule has 8 nitrogen and oxygen atoms in total. The van der Waals surface area contributed by atoms with E-state index >= 15 is 0 Å². The Hall–Kier alpha value is -2.52. The van der Waals surface area contributed by atoms with Crippen molar-refractivity contribution in [3.8, 4) is 0 Å². The van der Waals surface area contributed by atoms with Crippen LogP contribution in [0.5, 0.6) is 0 Å². The zero-order valence-electron chi connectivity index (χ0n) is 9.92. The van der Waals surface area contributed by atoms with Crippen molar-refractivity contribution in [3.63, 3.8) is 0 Å². The van der Waals surface area contributed by atoms with Crippen molar-refractivity contribution < 1.29 is 22.2 Å². The molecule has 2 heterocycles. The molecular weight excluding hydrogens is 286 g/mol. The Morgan fingerprint density at radius 3 is 2.80 bits per heavy atom. The van der Waals surface area contributed by atoms with E-state index in [0.29, 0.717) is 5.56 Å². The molecule has 0 aliphatic heterocycles. The van der Waals surface area contributed by atoms with Crippen LogP contribution in [-0.2, 0) is 10.1 Å². The van der Waals surface area contributed by atoms with Gasteiger partial charge in [-0.15, -0.1) is 0 Å². The highest BCUT2D eigenvalue weighted by Gasteiger charge is 2.14. The molecule has 0 aliphatic carbocycles. The van der Waals surface area contributed by atoms with E-state index in [1.165, 1.54) is 18.5 Å². The van der Waals surface area contributed by atoms with Crippen molar-refractivity contribution in [1.82, 2.24) is 10.4 Å². The Kier molecular flexibility index (Phi) is 3.91. The number of pyridine rings is 1. The third-order valence-corrected chi connectivity index (χ3v) is 2.87. The van der Waals surface area contributed by atoms with Crippen LogP contribution in [-0.4, -0.2) is 30.1 Å². The average Bonchev–Trinajstić information content (AvgIpc) is 2.88. The zero-order chi connectivity index (χ0) is 14.6. The lowest BCUT2D eigenvalue weighted by atomic mass is 10.3. The van der Waals surface area contributed by atoms with Crippen LogP contribution in [0, 0.1) is 0 Å². The number of rotatable bonds is 4. The number of carbonyl (C=O) groups excluding carboxylic acids is 1. The molecule has 2 rings (SSSR count). The first kappa shape index (κ1) is 13.9. The fraction of sp³-hybridized carbons (Fsp3) is 0. The van der Waals surface area contributed by atoms with Gasteiger partial charge in [-0.3, -0.25) is 14.3 Å². The van der Waals surface area contributed by atoms with E-state index in [-0.39, 0.29) is 5.76 Å². The van der Waals surface area contributed by atoms with Crippen LogP contribution in [0.1, 0.15) is 16.1 Å². The lowest BCUT2D eigenvalue weighted by Gasteiger charge is -1.97. The smallest absolute Gasteiger partial charge is 0.328 e. The summed E-state index contributed by atoms with van der Waals surface area (Å²) in [5.41, 5.74) is 2.54. The van der Waals surface area contributed by atoms with Crippen molar-refractivity contribution in [2.45, 2.75) is 5.09 Å². The van der Waals surface area contributed by atoms with Gasteiger partial charge in [-0.25, -0.2) is 5.43 Å². The topological polar surface area (TPSA) is 122 Å². The number of hydrazone groups is 1. The first-order valence-electron chi connectivity index (χ1n) is 5.27. The standard InChI is InChI=1S/C11H9N3O5S/c15-11(8-2-1-5-12-6-8)14-13-7-9-3-4-10(19-9)20(16,17)18/h1-7H,(H,14,15)(H,16,17,18)/b13-7-. The number of furan rings is 1. The monoisotopic (exact) mass is 295 g/mol. The van der Waals surface area contributed by atoms with Gasteiger partial charge in [-0.1, -0.05) is 0 Å². The van der Waals surface area contributed by atoms with Crippen molar-refractivity contribution >= 4 is 22.2 Å². The summed E-state index contributed by atoms with van der Waals surface area (Å²) in [5.74, 6) is -0.417. The highest BCUT2D eigenvalue weighted by molar-refractivity contribution is 7.85. The lowest BCUT2D eigenvalue weighted by Crippen LogP contribution is -2.17. The molecule has 0 aliphatic rings. The van der Waals surface area contributed by atoms with E-state index in [2.05, 4.69) is 15.5 Å². The molecule has 0 radical (unpaired) electrons. The van der Waals surface area contributed by atoms with E-state index in [1.807, 2.05) is 0 Å². The summed E-state index contributed by atoms with van der Waals surface area (Å²) in [4.78, 5) is 15.3. The lowest BCUT2D eigenvalue weighted by molar-refractivity contribution is 0.0954. The number of carbonyl (C=O) groups is 1. The first-order chi connectivity index (χ1) is 9.47. The van der Waals surface area contributed by atoms with E-state index < -0.39 is 21.1 Å². The molecule has 20 heavy (non-hydrogen) atoms. The van der Waals surface area contributed by atoms with Crippen LogP contribution in [0.25, 0.3) is 0 Å². The number of hydrogen-bond donors (Lipinski definition) is 2. The molecule has 104 valence electrons. The highest BCUT2D eigenvalue weighted by atomic mass is 32.2. The minimum Gasteiger partial charge on any atom is -0.441 e. The fourth-order valence-corrected chi connectivity index (χ4v) is 1.70. The second kappa shape index (κ2) is 5.63. The van der Waals surface area contributed by atoms with Gasteiger partial charge in [0, 0.05) is 12.4 Å². The van der Waals surface area contributed by atoms with Crippen LogP contribution in [0.3, 0.4) is 0 Å². The van der Waals surface area contributed by atoms with Gasteiger partial charge in [0.15, 0.2) is 0 Å². The van der Waals surface area contributed by atoms with E-state index in [9.17, 15) is 13.2 Å². The molecule has 0 unspecified atom stereocenters. The summed E-state index contributed by atoms with van der Waals surface area (Å²) in [6.07, 6.45) is 4.00. The maximum Gasteiger partial charge on any atom is 0.328 e. The maximum atomic E-state index is 11.6. The Morgan fingerprint density at radius 1 is 1.40 bits per heavy atom. The number of hydrogen-bond acceptors (Lipinski definition) is 6. The van der Waals surface area contributed by atoms with E-state index in [1.54, 1.807) is 12.1 Å². The van der Waals surface area contributed by atoms with E-state index in [4.69, 9.17) is 8.97 Å². The SMILES string of the molecule is O=C(N/N=C\c1ccc(S(=O)(=O)O)o1)c1cccnc1. The quantitative estimate of drug-likeness (QED) is 0.486. The molecule has 2 N–H and O–H groups in total. The van der Waals surface area contributed by atoms with Gasteiger partial charge >= 0.3 is 10.1 Å². The predicted octanol–water partition coefficient (Wildman–Crippen LogP) is 0.685. The molecular formula is C11H9N3O5S. The molecule has 0 bridgehead atoms. The van der Waals surface area contributed by atoms with Crippen LogP contribution in [0.4, 0.5) is 0 Å². The van der Waals surface area contributed by atoms with Gasteiger partial charge in [-0.2, -0.15) is 13.5 Å². The third kappa shape index (κ3) is 3.49. The van der Waals surface area contributed by atoms with Gasteiger partial charge < -0.3 is 4.42 Å². The summed E-state index contributed by atoms with van der Waals surface area (Å²) in [6, 6.07) is 5.51. The maximum absolute atomic E-state index is 11.6. The molecule has 0 atom stereocenters. The normalized spacial score (nSPS) is 11.7. The summed E-state index contributed by atoms with van der Waals surface area (Å²) in [7, 11) is -4.39. The van der Waals surface area contributed by atoms with E-state index in [0.717, 1.165) is 12.3 Å². The highest BCUT2D eigenvalue weighted by Crippen LogP contribution is 2.11. The average molecular weight is 295 g/mol. The van der Waals surface area contributed by atoms with Crippen LogP contribution in [0.15, 0.2) is 51.3 Å². The molecule has 9 heteroatoms. The van der Waals surface area contributed by atoms with Gasteiger partial charge in [0.2, 0.25) is 5.09 Å². The second-order valence-electron chi connectivity index (χ2n) is 3.57. The fourth-order valence-electron chi connectivity index (χ4n) is 1.26. The molecule has 0 fully saturated rings. The second-order valence-corrected chi connectivity index (χ2v) is 4.93. The van der Waals surface area contributed by atoms with Gasteiger partial charge in [0.25, 0.3) is 5.91 Å². The minimum absolute atomic E-state index is 0.0594. The molecule has 2 aromatic heterocycles. The summed E-state index contributed by atoms with van der Waals surface area (Å²) < 4.78 is 35.0. The molecule has 0 saturated heterocycles. The zero-order valence-corrected chi connectivity index (χ0v) is 10.7. The van der Waals surface area contributed by atoms with Crippen molar-refractivity contribution in [2.24, 2.45) is 5.10 Å². The van der Waals surface area contributed by atoms with Crippen LogP contribution >= 0.6 is 0 Å². The number of nitrogens with one attached hydrogen (secondary N) is 1. The van der Waals surface area contributed by atoms with Gasteiger partial charge in [0.05, 0.1) is 11.8 Å². The van der Waals surface area contributed by atoms with Crippen LogP contribution < -0.4 is 5.43 Å². The largest absolute Gasteiger partial charge is 0.441 e. The number of nitrogens with zero attached hydrogens (tertiary/aromatic N) is 2. The Labute approximate surface area is 113 Å². The Bertz CT molecular complexity index is 736. The van der Waals surface area contributed by atoms with Gasteiger partial charge in [0.1, 0.15) is 5.76 Å². The molecule has 2 aromatic rings. The van der Waals surface area contributed by atoms with Crippen molar-refractivity contribution in [3.05, 3.63) is 48.0 Å².